The smallest absolute Gasteiger partial charge is 0.272 e. The van der Waals surface area contributed by atoms with Gasteiger partial charge in [-0.05, 0) is 36.8 Å². The minimum absolute atomic E-state index is 0.0556. The van der Waals surface area contributed by atoms with E-state index in [9.17, 15) is 34.6 Å². The molecule has 34 heavy (non-hydrogen) atoms. The molecule has 0 aromatic heterocycles. The number of hydrazine groups is 1. The third kappa shape index (κ3) is 4.24. The summed E-state index contributed by atoms with van der Waals surface area (Å²) in [6, 6.07) is 10.5. The molecule has 1 saturated heterocycles. The van der Waals surface area contributed by atoms with Gasteiger partial charge in [0.2, 0.25) is 0 Å². The fourth-order valence-corrected chi connectivity index (χ4v) is 4.64. The Bertz CT molecular complexity index is 1180. The molecule has 11 heteroatoms. The van der Waals surface area contributed by atoms with E-state index in [1.54, 1.807) is 0 Å². The molecule has 0 bridgehead atoms. The van der Waals surface area contributed by atoms with Crippen LogP contribution in [0.5, 0.6) is 0 Å². The first kappa shape index (κ1) is 23.0. The number of amides is 3. The van der Waals surface area contributed by atoms with E-state index in [-0.39, 0.29) is 29.4 Å². The zero-order chi connectivity index (χ0) is 24.6. The molecule has 1 saturated carbocycles. The van der Waals surface area contributed by atoms with Crippen molar-refractivity contribution in [2.75, 3.05) is 0 Å². The maximum absolute atomic E-state index is 13.5. The Morgan fingerprint density at radius 2 is 1.62 bits per heavy atom. The first-order valence-electron chi connectivity index (χ1n) is 10.8. The number of carbonyl (C=O) groups excluding carboxylic acids is 3. The van der Waals surface area contributed by atoms with Gasteiger partial charge in [0.25, 0.3) is 29.1 Å². The number of rotatable bonds is 6. The van der Waals surface area contributed by atoms with Crippen LogP contribution in [0.2, 0.25) is 0 Å². The SMILES string of the molecule is C[C@@H]1CC[C@@H]2C(=O)N(N(Cc3ccc([N+](=O)[O-])cc3)C(=O)c3cccc([N+](=O)[O-])c3)C(=O)[C@@H]2C1. The second-order valence-electron chi connectivity index (χ2n) is 8.71. The van der Waals surface area contributed by atoms with Crippen LogP contribution in [0.15, 0.2) is 48.5 Å². The van der Waals surface area contributed by atoms with E-state index in [1.807, 2.05) is 6.92 Å². The first-order valence-corrected chi connectivity index (χ1v) is 10.8. The number of nitro groups is 2. The number of non-ortho nitro benzene ring substituents is 2. The van der Waals surface area contributed by atoms with E-state index in [0.29, 0.717) is 18.4 Å². The van der Waals surface area contributed by atoms with Gasteiger partial charge >= 0.3 is 0 Å². The van der Waals surface area contributed by atoms with Gasteiger partial charge in [0, 0.05) is 29.8 Å². The molecule has 0 N–H and O–H groups in total. The van der Waals surface area contributed by atoms with E-state index in [4.69, 9.17) is 0 Å². The third-order valence-electron chi connectivity index (χ3n) is 6.42. The summed E-state index contributed by atoms with van der Waals surface area (Å²) in [5.74, 6) is -2.46. The Morgan fingerprint density at radius 3 is 2.26 bits per heavy atom. The fraction of sp³-hybridized carbons (Fsp3) is 0.348. The molecule has 1 aliphatic carbocycles. The molecular weight excluding hydrogens is 444 g/mol. The molecule has 4 rings (SSSR count). The van der Waals surface area contributed by atoms with Crippen LogP contribution in [0, 0.1) is 38.0 Å². The van der Waals surface area contributed by atoms with Crippen LogP contribution in [-0.2, 0) is 16.1 Å². The molecule has 1 aliphatic heterocycles. The molecule has 0 spiro atoms. The lowest BCUT2D eigenvalue weighted by atomic mass is 9.76. The highest BCUT2D eigenvalue weighted by Crippen LogP contribution is 2.41. The number of nitro benzene ring substituents is 2. The zero-order valence-corrected chi connectivity index (χ0v) is 18.3. The lowest BCUT2D eigenvalue weighted by molar-refractivity contribution is -0.385. The fourth-order valence-electron chi connectivity index (χ4n) is 4.64. The Hall–Kier alpha value is -4.15. The summed E-state index contributed by atoms with van der Waals surface area (Å²) in [5.41, 5.74) is -0.0514. The van der Waals surface area contributed by atoms with Crippen molar-refractivity contribution < 1.29 is 24.2 Å². The quantitative estimate of drug-likeness (QED) is 0.360. The summed E-state index contributed by atoms with van der Waals surface area (Å²) >= 11 is 0. The van der Waals surface area contributed by atoms with Crippen molar-refractivity contribution in [3.8, 4) is 0 Å². The molecular formula is C23H22N4O7. The van der Waals surface area contributed by atoms with E-state index in [0.717, 1.165) is 22.5 Å². The molecule has 11 nitrogen and oxygen atoms in total. The largest absolute Gasteiger partial charge is 0.273 e. The number of imide groups is 1. The van der Waals surface area contributed by atoms with Crippen molar-refractivity contribution in [1.29, 1.82) is 0 Å². The Kier molecular flexibility index (Phi) is 6.10. The van der Waals surface area contributed by atoms with Crippen LogP contribution in [0.1, 0.15) is 42.1 Å². The van der Waals surface area contributed by atoms with Gasteiger partial charge in [0.1, 0.15) is 0 Å². The number of fused-ring (bicyclic) bond motifs is 1. The van der Waals surface area contributed by atoms with Crippen LogP contribution < -0.4 is 0 Å². The molecule has 2 aromatic rings. The average Bonchev–Trinajstić information content (AvgIpc) is 3.06. The van der Waals surface area contributed by atoms with Crippen LogP contribution in [0.3, 0.4) is 0 Å². The van der Waals surface area contributed by atoms with E-state index < -0.39 is 39.4 Å². The highest BCUT2D eigenvalue weighted by molar-refractivity contribution is 6.07. The van der Waals surface area contributed by atoms with E-state index >= 15 is 0 Å². The summed E-state index contributed by atoms with van der Waals surface area (Å²) in [7, 11) is 0. The van der Waals surface area contributed by atoms with Crippen molar-refractivity contribution in [1.82, 2.24) is 10.0 Å². The van der Waals surface area contributed by atoms with Crippen molar-refractivity contribution in [3.63, 3.8) is 0 Å². The van der Waals surface area contributed by atoms with Gasteiger partial charge in [-0.3, -0.25) is 34.6 Å². The second-order valence-corrected chi connectivity index (χ2v) is 8.71. The number of nitrogens with zero attached hydrogens (tertiary/aromatic N) is 4. The summed E-state index contributed by atoms with van der Waals surface area (Å²) < 4.78 is 0. The van der Waals surface area contributed by atoms with Crippen LogP contribution >= 0.6 is 0 Å². The molecule has 1 heterocycles. The van der Waals surface area contributed by atoms with Crippen LogP contribution in [0.4, 0.5) is 11.4 Å². The van der Waals surface area contributed by atoms with Gasteiger partial charge in [-0.15, -0.1) is 0 Å². The van der Waals surface area contributed by atoms with Gasteiger partial charge in [-0.1, -0.05) is 25.1 Å². The lowest BCUT2D eigenvalue weighted by Crippen LogP contribution is -2.49. The molecule has 2 fully saturated rings. The van der Waals surface area contributed by atoms with Gasteiger partial charge in [0.05, 0.1) is 28.2 Å². The van der Waals surface area contributed by atoms with E-state index in [2.05, 4.69) is 0 Å². The number of hydrogen-bond acceptors (Lipinski definition) is 7. The predicted octanol–water partition coefficient (Wildman–Crippen LogP) is 3.48. The Morgan fingerprint density at radius 1 is 0.971 bits per heavy atom. The molecule has 3 amide bonds. The van der Waals surface area contributed by atoms with Crippen molar-refractivity contribution in [2.24, 2.45) is 17.8 Å². The molecule has 2 aliphatic rings. The van der Waals surface area contributed by atoms with Crippen molar-refractivity contribution in [2.45, 2.75) is 32.7 Å². The molecule has 176 valence electrons. The number of carbonyl (C=O) groups is 3. The van der Waals surface area contributed by atoms with Gasteiger partial charge < -0.3 is 0 Å². The topological polar surface area (TPSA) is 144 Å². The number of hydrogen-bond donors (Lipinski definition) is 0. The zero-order valence-electron chi connectivity index (χ0n) is 18.3. The first-order chi connectivity index (χ1) is 16.2. The highest BCUT2D eigenvalue weighted by Gasteiger charge is 2.52. The van der Waals surface area contributed by atoms with E-state index in [1.165, 1.54) is 42.5 Å². The minimum atomic E-state index is -0.754. The summed E-state index contributed by atoms with van der Waals surface area (Å²) in [4.78, 5) is 61.0. The normalized spacial score (nSPS) is 21.8. The molecule has 0 radical (unpaired) electrons. The van der Waals surface area contributed by atoms with Crippen LogP contribution in [-0.4, -0.2) is 37.6 Å². The van der Waals surface area contributed by atoms with Gasteiger partial charge in [0.15, 0.2) is 0 Å². The summed E-state index contributed by atoms with van der Waals surface area (Å²) in [5, 5.41) is 24.0. The maximum atomic E-state index is 13.5. The maximum Gasteiger partial charge on any atom is 0.273 e. The monoisotopic (exact) mass is 466 g/mol. The predicted molar refractivity (Wildman–Crippen MR) is 118 cm³/mol. The third-order valence-corrected chi connectivity index (χ3v) is 6.42. The highest BCUT2D eigenvalue weighted by atomic mass is 16.6. The molecule has 3 atom stereocenters. The lowest BCUT2D eigenvalue weighted by Gasteiger charge is -2.30. The second kappa shape index (κ2) is 9.00. The standard InChI is InChI=1S/C23H22N4O7/c1-14-5-10-19-20(11-14)23(30)25(22(19)29)24(13-15-6-8-17(9-7-15)26(31)32)21(28)16-3-2-4-18(12-16)27(33)34/h2-4,6-9,12,14,19-20H,5,10-11,13H2,1H3/t14-,19+,20-/m1/s1. The van der Waals surface area contributed by atoms with Crippen LogP contribution in [0.25, 0.3) is 0 Å². The van der Waals surface area contributed by atoms with Gasteiger partial charge in [-0.2, -0.15) is 5.01 Å². The van der Waals surface area contributed by atoms with Crippen molar-refractivity contribution in [3.05, 3.63) is 79.9 Å². The number of benzene rings is 2. The summed E-state index contributed by atoms with van der Waals surface area (Å²) in [6.07, 6.45) is 1.89. The average molecular weight is 466 g/mol. The summed E-state index contributed by atoms with van der Waals surface area (Å²) in [6.45, 7) is 1.80. The van der Waals surface area contributed by atoms with Crippen molar-refractivity contribution >= 4 is 29.1 Å². The minimum Gasteiger partial charge on any atom is -0.272 e. The Balaban J connectivity index is 1.72. The Labute approximate surface area is 194 Å². The molecule has 2 aromatic carbocycles. The molecule has 0 unspecified atom stereocenters. The van der Waals surface area contributed by atoms with Gasteiger partial charge in [-0.25, -0.2) is 5.01 Å².